The zero-order valence-electron chi connectivity index (χ0n) is 25.2. The van der Waals surface area contributed by atoms with Crippen LogP contribution in [-0.4, -0.2) is 15.0 Å². The Kier molecular flexibility index (Phi) is 5.54. The van der Waals surface area contributed by atoms with Gasteiger partial charge in [-0.3, -0.25) is 0 Å². The quantitative estimate of drug-likeness (QED) is 0.190. The van der Waals surface area contributed by atoms with E-state index in [9.17, 15) is 0 Å². The molecular formula is C43H25N3O. The molecule has 0 saturated carbocycles. The molecule has 0 radical (unpaired) electrons. The van der Waals surface area contributed by atoms with Gasteiger partial charge in [0, 0.05) is 32.8 Å². The predicted molar refractivity (Wildman–Crippen MR) is 193 cm³/mol. The molecule has 0 amide bonds. The molecular weight excluding hydrogens is 574 g/mol. The second-order valence-electron chi connectivity index (χ2n) is 12.0. The van der Waals surface area contributed by atoms with Gasteiger partial charge in [-0.05, 0) is 55.9 Å². The summed E-state index contributed by atoms with van der Waals surface area (Å²) >= 11 is 0. The minimum Gasteiger partial charge on any atom is -0.455 e. The zero-order valence-corrected chi connectivity index (χ0v) is 25.2. The van der Waals surface area contributed by atoms with Crippen LogP contribution in [0.5, 0.6) is 0 Å². The number of hydrogen-bond donors (Lipinski definition) is 0. The van der Waals surface area contributed by atoms with Gasteiger partial charge in [-0.15, -0.1) is 0 Å². The fraction of sp³-hybridized carbons (Fsp3) is 0. The molecule has 47 heavy (non-hydrogen) atoms. The van der Waals surface area contributed by atoms with Gasteiger partial charge >= 0.3 is 0 Å². The van der Waals surface area contributed by atoms with E-state index in [1.807, 2.05) is 30.3 Å². The molecule has 8 aromatic carbocycles. The largest absolute Gasteiger partial charge is 0.455 e. The molecule has 4 nitrogen and oxygen atoms in total. The fourth-order valence-corrected chi connectivity index (χ4v) is 7.13. The minimum atomic E-state index is 0.609. The first-order chi connectivity index (χ1) is 23.3. The van der Waals surface area contributed by atoms with E-state index >= 15 is 0 Å². The highest BCUT2D eigenvalue weighted by Gasteiger charge is 2.22. The Bertz CT molecular complexity index is 2850. The molecule has 0 spiro atoms. The maximum absolute atomic E-state index is 6.70. The summed E-state index contributed by atoms with van der Waals surface area (Å²) in [4.78, 5) is 15.6. The van der Waals surface area contributed by atoms with Crippen LogP contribution in [0, 0.1) is 0 Å². The van der Waals surface area contributed by atoms with Gasteiger partial charge in [0.2, 0.25) is 0 Å². The minimum absolute atomic E-state index is 0.609. The Morgan fingerprint density at radius 1 is 0.362 bits per heavy atom. The van der Waals surface area contributed by atoms with Gasteiger partial charge < -0.3 is 4.42 Å². The third-order valence-corrected chi connectivity index (χ3v) is 9.27. The van der Waals surface area contributed by atoms with Crippen molar-refractivity contribution in [1.82, 2.24) is 15.0 Å². The van der Waals surface area contributed by atoms with Crippen LogP contribution in [0.4, 0.5) is 0 Å². The molecule has 0 fully saturated rings. The van der Waals surface area contributed by atoms with Gasteiger partial charge in [-0.2, -0.15) is 0 Å². The van der Waals surface area contributed by atoms with Crippen LogP contribution in [0.2, 0.25) is 0 Å². The molecule has 0 aliphatic rings. The summed E-state index contributed by atoms with van der Waals surface area (Å²) in [5.41, 5.74) is 4.50. The van der Waals surface area contributed by atoms with E-state index in [0.29, 0.717) is 17.5 Å². The standard InChI is InChI=1S/C43H25N3O/c1-2-13-27(14-3-1)41-44-42(35-24-28-15-5-6-16-30(28)32-18-8-9-19-33(32)35)46-43(45-41)36-25-29-23-22-26-12-4-7-17-31(26)38(29)40-39(36)34-20-10-11-21-37(34)47-40/h1-25H. The third-order valence-electron chi connectivity index (χ3n) is 9.27. The molecule has 2 aromatic heterocycles. The number of aromatic nitrogens is 3. The van der Waals surface area contributed by atoms with Crippen LogP contribution < -0.4 is 0 Å². The number of furan rings is 1. The first kappa shape index (κ1) is 25.9. The smallest absolute Gasteiger partial charge is 0.164 e. The van der Waals surface area contributed by atoms with Crippen molar-refractivity contribution in [2.45, 2.75) is 0 Å². The lowest BCUT2D eigenvalue weighted by atomic mass is 9.95. The van der Waals surface area contributed by atoms with E-state index in [-0.39, 0.29) is 0 Å². The summed E-state index contributed by atoms with van der Waals surface area (Å²) in [6.45, 7) is 0. The highest BCUT2D eigenvalue weighted by atomic mass is 16.3. The molecule has 0 aliphatic carbocycles. The normalized spacial score (nSPS) is 11.8. The van der Waals surface area contributed by atoms with Crippen molar-refractivity contribution in [3.63, 3.8) is 0 Å². The lowest BCUT2D eigenvalue weighted by Gasteiger charge is -2.13. The predicted octanol–water partition coefficient (Wildman–Crippen LogP) is 11.4. The molecule has 2 heterocycles. The average molecular weight is 600 g/mol. The second kappa shape index (κ2) is 10.1. The van der Waals surface area contributed by atoms with Crippen LogP contribution in [-0.2, 0) is 0 Å². The van der Waals surface area contributed by atoms with Gasteiger partial charge in [0.05, 0.1) is 0 Å². The van der Waals surface area contributed by atoms with Crippen LogP contribution >= 0.6 is 0 Å². The SMILES string of the molecule is c1ccc(-c2nc(-c3cc4ccccc4c4ccccc34)nc(-c3cc4ccc5ccccc5c4c4oc5ccccc5c34)n2)cc1. The first-order valence-corrected chi connectivity index (χ1v) is 15.8. The fourth-order valence-electron chi connectivity index (χ4n) is 7.13. The lowest BCUT2D eigenvalue weighted by molar-refractivity contribution is 0.673. The number of rotatable bonds is 3. The highest BCUT2D eigenvalue weighted by Crippen LogP contribution is 2.43. The number of hydrogen-bond acceptors (Lipinski definition) is 4. The maximum atomic E-state index is 6.70. The molecule has 218 valence electrons. The molecule has 4 heteroatoms. The van der Waals surface area contributed by atoms with E-state index in [4.69, 9.17) is 19.4 Å². The molecule has 10 aromatic rings. The van der Waals surface area contributed by atoms with Crippen molar-refractivity contribution >= 4 is 65.0 Å². The summed E-state index contributed by atoms with van der Waals surface area (Å²) in [5.74, 6) is 1.87. The average Bonchev–Trinajstić information content (AvgIpc) is 3.54. The van der Waals surface area contributed by atoms with Crippen LogP contribution in [0.15, 0.2) is 156 Å². The summed E-state index contributed by atoms with van der Waals surface area (Å²) in [7, 11) is 0. The maximum Gasteiger partial charge on any atom is 0.164 e. The van der Waals surface area contributed by atoms with E-state index < -0.39 is 0 Å². The summed E-state index contributed by atoms with van der Waals surface area (Å²) < 4.78 is 6.70. The lowest BCUT2D eigenvalue weighted by Crippen LogP contribution is -2.01. The van der Waals surface area contributed by atoms with Gasteiger partial charge in [0.25, 0.3) is 0 Å². The molecule has 0 bridgehead atoms. The second-order valence-corrected chi connectivity index (χ2v) is 12.0. The Morgan fingerprint density at radius 2 is 0.936 bits per heavy atom. The Balaban J connectivity index is 1.34. The molecule has 0 N–H and O–H groups in total. The van der Waals surface area contributed by atoms with Crippen LogP contribution in [0.25, 0.3) is 99.2 Å². The molecule has 0 atom stereocenters. The summed E-state index contributed by atoms with van der Waals surface area (Å²) in [6.07, 6.45) is 0. The first-order valence-electron chi connectivity index (χ1n) is 15.8. The van der Waals surface area contributed by atoms with Crippen LogP contribution in [0.3, 0.4) is 0 Å². The van der Waals surface area contributed by atoms with Crippen molar-refractivity contribution in [2.75, 3.05) is 0 Å². The monoisotopic (exact) mass is 599 g/mol. The van der Waals surface area contributed by atoms with Crippen molar-refractivity contribution in [3.05, 3.63) is 152 Å². The Hall–Kier alpha value is -6.39. The molecule has 0 saturated heterocycles. The highest BCUT2D eigenvalue weighted by molar-refractivity contribution is 6.26. The number of nitrogens with zero attached hydrogens (tertiary/aromatic N) is 3. The van der Waals surface area contributed by atoms with Gasteiger partial charge in [0.1, 0.15) is 11.2 Å². The summed E-state index contributed by atoms with van der Waals surface area (Å²) in [5, 5.41) is 11.2. The third kappa shape index (κ3) is 3.98. The van der Waals surface area contributed by atoms with E-state index in [1.54, 1.807) is 0 Å². The van der Waals surface area contributed by atoms with Crippen molar-refractivity contribution in [3.8, 4) is 34.2 Å². The number of fused-ring (bicyclic) bond motifs is 10. The Labute approximate surface area is 269 Å². The molecule has 10 rings (SSSR count). The van der Waals surface area contributed by atoms with Crippen molar-refractivity contribution in [1.29, 1.82) is 0 Å². The number of para-hydroxylation sites is 1. The van der Waals surface area contributed by atoms with Crippen LogP contribution in [0.1, 0.15) is 0 Å². The number of benzene rings is 8. The summed E-state index contributed by atoms with van der Waals surface area (Å²) in [6, 6.07) is 52.6. The molecule has 0 aliphatic heterocycles. The zero-order chi connectivity index (χ0) is 30.9. The van der Waals surface area contributed by atoms with Gasteiger partial charge in [0.15, 0.2) is 17.5 Å². The van der Waals surface area contributed by atoms with Crippen molar-refractivity contribution in [2.24, 2.45) is 0 Å². The Morgan fingerprint density at radius 3 is 1.77 bits per heavy atom. The van der Waals surface area contributed by atoms with E-state index in [1.165, 1.54) is 16.2 Å². The molecule has 0 unspecified atom stereocenters. The van der Waals surface area contributed by atoms with Gasteiger partial charge in [-0.1, -0.05) is 133 Å². The topological polar surface area (TPSA) is 51.8 Å². The van der Waals surface area contributed by atoms with E-state index in [0.717, 1.165) is 65.6 Å². The van der Waals surface area contributed by atoms with Gasteiger partial charge in [-0.25, -0.2) is 15.0 Å². The van der Waals surface area contributed by atoms with E-state index in [2.05, 4.69) is 121 Å². The van der Waals surface area contributed by atoms with Crippen molar-refractivity contribution < 1.29 is 4.42 Å².